The number of carbonyl (C=O) groups excluding carboxylic acids is 3. The van der Waals surface area contributed by atoms with Gasteiger partial charge < -0.3 is 9.84 Å². The lowest BCUT2D eigenvalue weighted by molar-refractivity contribution is -0.169. The lowest BCUT2D eigenvalue weighted by Crippen LogP contribution is -2.59. The fraction of sp³-hybridized carbons (Fsp3) is 0.696. The van der Waals surface area contributed by atoms with Crippen molar-refractivity contribution in [3.05, 3.63) is 23.3 Å². The molecular formula is C23H29FO5. The standard InChI is InChI=1S/C23H29FO5/c1-13(25)29-12-20(27)23(28)19(24)11-18-16-5-4-14-10-15(26)6-8-21(14,2)17(16)7-9-22(18,23)3/h7,10,16,18-19,28H,4-6,8-9,11-12H2,1-3H3/t16-,18+,19-,21+,22+,23+/m1/s1. The second kappa shape index (κ2) is 6.59. The highest BCUT2D eigenvalue weighted by Gasteiger charge is 2.69. The van der Waals surface area contributed by atoms with Gasteiger partial charge in [0.05, 0.1) is 0 Å². The van der Waals surface area contributed by atoms with Gasteiger partial charge in [-0.3, -0.25) is 14.4 Å². The number of ketones is 2. The van der Waals surface area contributed by atoms with Crippen molar-refractivity contribution >= 4 is 17.5 Å². The summed E-state index contributed by atoms with van der Waals surface area (Å²) in [6.45, 7) is 4.55. The Balaban J connectivity index is 1.70. The summed E-state index contributed by atoms with van der Waals surface area (Å²) < 4.78 is 20.0. The first-order valence-corrected chi connectivity index (χ1v) is 10.5. The minimum Gasteiger partial charge on any atom is -0.458 e. The van der Waals surface area contributed by atoms with Crippen LogP contribution in [0, 0.1) is 22.7 Å². The average molecular weight is 404 g/mol. The van der Waals surface area contributed by atoms with E-state index < -0.39 is 35.5 Å². The minimum atomic E-state index is -2.16. The van der Waals surface area contributed by atoms with Crippen molar-refractivity contribution in [2.45, 2.75) is 71.1 Å². The Hall–Kier alpha value is -1.82. The molecule has 29 heavy (non-hydrogen) atoms. The summed E-state index contributed by atoms with van der Waals surface area (Å²) >= 11 is 0. The molecule has 1 N–H and O–H groups in total. The van der Waals surface area contributed by atoms with Crippen LogP contribution in [0.3, 0.4) is 0 Å². The van der Waals surface area contributed by atoms with Gasteiger partial charge in [-0.05, 0) is 50.0 Å². The van der Waals surface area contributed by atoms with E-state index in [2.05, 4.69) is 13.0 Å². The first-order valence-electron chi connectivity index (χ1n) is 10.5. The number of hydrogen-bond donors (Lipinski definition) is 1. The molecular weight excluding hydrogens is 375 g/mol. The lowest BCUT2D eigenvalue weighted by atomic mass is 9.50. The maximum Gasteiger partial charge on any atom is 0.303 e. The summed E-state index contributed by atoms with van der Waals surface area (Å²) in [6.07, 6.45) is 5.56. The summed E-state index contributed by atoms with van der Waals surface area (Å²) in [5.41, 5.74) is -0.884. The Morgan fingerprint density at radius 1 is 1.31 bits per heavy atom. The molecule has 0 heterocycles. The number of ether oxygens (including phenoxy) is 1. The number of Topliss-reactive ketones (excluding diaryl/α,β-unsaturated/α-hetero) is 1. The van der Waals surface area contributed by atoms with Gasteiger partial charge in [-0.15, -0.1) is 0 Å². The van der Waals surface area contributed by atoms with E-state index in [-0.39, 0.29) is 29.5 Å². The van der Waals surface area contributed by atoms with Crippen LogP contribution in [0.5, 0.6) is 0 Å². The Morgan fingerprint density at radius 2 is 2.03 bits per heavy atom. The Morgan fingerprint density at radius 3 is 2.72 bits per heavy atom. The van der Waals surface area contributed by atoms with Gasteiger partial charge in [-0.1, -0.05) is 31.1 Å². The summed E-state index contributed by atoms with van der Waals surface area (Å²) in [6, 6.07) is 0. The summed E-state index contributed by atoms with van der Waals surface area (Å²) in [4.78, 5) is 35.8. The van der Waals surface area contributed by atoms with E-state index in [1.807, 2.05) is 0 Å². The largest absolute Gasteiger partial charge is 0.458 e. The minimum absolute atomic E-state index is 0.0814. The van der Waals surface area contributed by atoms with E-state index in [1.165, 1.54) is 12.5 Å². The first-order chi connectivity index (χ1) is 13.5. The number of carbonyl (C=O) groups is 3. The fourth-order valence-electron chi connectivity index (χ4n) is 6.61. The highest BCUT2D eigenvalue weighted by atomic mass is 19.1. The van der Waals surface area contributed by atoms with Crippen molar-refractivity contribution < 1.29 is 28.6 Å². The van der Waals surface area contributed by atoms with Crippen molar-refractivity contribution in [1.29, 1.82) is 0 Å². The van der Waals surface area contributed by atoms with Gasteiger partial charge in [0.25, 0.3) is 0 Å². The quantitative estimate of drug-likeness (QED) is 0.577. The van der Waals surface area contributed by atoms with Crippen LogP contribution < -0.4 is 0 Å². The molecule has 0 spiro atoms. The molecule has 6 heteroatoms. The molecule has 0 unspecified atom stereocenters. The van der Waals surface area contributed by atoms with Crippen LogP contribution in [-0.4, -0.2) is 41.0 Å². The molecule has 0 bridgehead atoms. The number of allylic oxidation sites excluding steroid dienone is 4. The van der Waals surface area contributed by atoms with Crippen molar-refractivity contribution in [2.24, 2.45) is 22.7 Å². The van der Waals surface area contributed by atoms with Gasteiger partial charge in [-0.2, -0.15) is 0 Å². The molecule has 2 saturated carbocycles. The van der Waals surface area contributed by atoms with E-state index in [4.69, 9.17) is 4.74 Å². The summed E-state index contributed by atoms with van der Waals surface area (Å²) in [5.74, 6) is -1.30. The molecule has 4 aliphatic rings. The molecule has 6 atom stereocenters. The third-order valence-electron chi connectivity index (χ3n) is 8.34. The van der Waals surface area contributed by atoms with Crippen LogP contribution >= 0.6 is 0 Å². The van der Waals surface area contributed by atoms with Crippen molar-refractivity contribution in [3.63, 3.8) is 0 Å². The number of alkyl halides is 1. The van der Waals surface area contributed by atoms with Crippen LogP contribution in [-0.2, 0) is 19.1 Å². The van der Waals surface area contributed by atoms with Crippen LogP contribution in [0.4, 0.5) is 4.39 Å². The van der Waals surface area contributed by atoms with Gasteiger partial charge in [0.1, 0.15) is 6.17 Å². The number of rotatable bonds is 3. The SMILES string of the molecule is CC(=O)OCC(=O)[C@@]1(O)[C@H](F)C[C@H]2[C@@H]3CCC4=CC(=O)CC[C@]4(C)C3=CC[C@@]21C. The third-order valence-corrected chi connectivity index (χ3v) is 8.34. The van der Waals surface area contributed by atoms with Crippen LogP contribution in [0.2, 0.25) is 0 Å². The number of esters is 1. The topological polar surface area (TPSA) is 80.7 Å². The monoisotopic (exact) mass is 404 g/mol. The fourth-order valence-corrected chi connectivity index (χ4v) is 6.61. The highest BCUT2D eigenvalue weighted by Crippen LogP contribution is 2.66. The van der Waals surface area contributed by atoms with E-state index in [0.717, 1.165) is 24.8 Å². The Labute approximate surface area is 170 Å². The maximum atomic E-state index is 15.2. The van der Waals surface area contributed by atoms with Crippen LogP contribution in [0.1, 0.15) is 59.3 Å². The number of fused-ring (bicyclic) bond motifs is 5. The first kappa shape index (κ1) is 20.5. The molecule has 4 rings (SSSR count). The molecule has 158 valence electrons. The summed E-state index contributed by atoms with van der Waals surface area (Å²) in [5, 5.41) is 11.3. The predicted molar refractivity (Wildman–Crippen MR) is 104 cm³/mol. The van der Waals surface area contributed by atoms with Crippen molar-refractivity contribution in [3.8, 4) is 0 Å². The molecule has 0 aromatic heterocycles. The molecule has 0 aromatic rings. The van der Waals surface area contributed by atoms with E-state index in [1.54, 1.807) is 13.0 Å². The average Bonchev–Trinajstić information content (AvgIpc) is 2.88. The summed E-state index contributed by atoms with van der Waals surface area (Å²) in [7, 11) is 0. The highest BCUT2D eigenvalue weighted by molar-refractivity contribution is 5.92. The molecule has 0 amide bonds. The van der Waals surface area contributed by atoms with Gasteiger partial charge in [-0.25, -0.2) is 4.39 Å². The van der Waals surface area contributed by atoms with E-state index >= 15 is 4.39 Å². The molecule has 0 radical (unpaired) electrons. The van der Waals surface area contributed by atoms with Crippen molar-refractivity contribution in [1.82, 2.24) is 0 Å². The Kier molecular flexibility index (Phi) is 4.65. The molecule has 0 saturated heterocycles. The zero-order valence-electron chi connectivity index (χ0n) is 17.3. The third kappa shape index (κ3) is 2.71. The van der Waals surface area contributed by atoms with E-state index in [0.29, 0.717) is 12.8 Å². The lowest BCUT2D eigenvalue weighted by Gasteiger charge is -2.54. The predicted octanol–water partition coefficient (Wildman–Crippen LogP) is 3.25. The van der Waals surface area contributed by atoms with Crippen molar-refractivity contribution in [2.75, 3.05) is 6.61 Å². The molecule has 0 aliphatic heterocycles. The number of halogens is 1. The number of aliphatic hydroxyl groups is 1. The Bertz CT molecular complexity index is 844. The van der Waals surface area contributed by atoms with Gasteiger partial charge in [0, 0.05) is 24.2 Å². The van der Waals surface area contributed by atoms with E-state index in [9.17, 15) is 19.5 Å². The van der Waals surface area contributed by atoms with Gasteiger partial charge >= 0.3 is 5.97 Å². The maximum absolute atomic E-state index is 15.2. The zero-order valence-corrected chi connectivity index (χ0v) is 17.3. The number of hydrogen-bond acceptors (Lipinski definition) is 5. The van der Waals surface area contributed by atoms with Crippen LogP contribution in [0.15, 0.2) is 23.3 Å². The second-order valence-electron chi connectivity index (χ2n) is 9.67. The van der Waals surface area contributed by atoms with Crippen LogP contribution in [0.25, 0.3) is 0 Å². The second-order valence-corrected chi connectivity index (χ2v) is 9.67. The smallest absolute Gasteiger partial charge is 0.303 e. The molecule has 5 nitrogen and oxygen atoms in total. The molecule has 2 fully saturated rings. The zero-order chi connectivity index (χ0) is 21.2. The molecule has 0 aromatic carbocycles. The van der Waals surface area contributed by atoms with Gasteiger partial charge in [0.2, 0.25) is 5.78 Å². The molecule has 4 aliphatic carbocycles. The normalized spacial score (nSPS) is 43.5. The van der Waals surface area contributed by atoms with Gasteiger partial charge in [0.15, 0.2) is 18.0 Å².